The summed E-state index contributed by atoms with van der Waals surface area (Å²) in [6.07, 6.45) is 0. The van der Waals surface area contributed by atoms with E-state index < -0.39 is 11.2 Å². The molecule has 0 saturated carbocycles. The lowest BCUT2D eigenvalue weighted by Crippen LogP contribution is -2.40. The number of nitrogens with one attached hydrogen (secondary N) is 1. The van der Waals surface area contributed by atoms with Gasteiger partial charge in [-0.25, -0.2) is 4.79 Å². The van der Waals surface area contributed by atoms with Crippen molar-refractivity contribution in [2.75, 3.05) is 12.1 Å². The van der Waals surface area contributed by atoms with E-state index in [0.717, 1.165) is 10.1 Å². The fourth-order valence-electron chi connectivity index (χ4n) is 2.58. The standard InChI is InChI=1S/C16H16N4O4/c1-9(10-4-5-12-13(6-10)24-8-23-12)18-14-11(7-17)15(21)20(3)16(22)19(14)2/h4-6,9,18H,8H2,1-3H3/t9-/m1/s1. The third-order valence-corrected chi connectivity index (χ3v) is 4.03. The van der Waals surface area contributed by atoms with Crippen molar-refractivity contribution in [3.05, 3.63) is 50.2 Å². The lowest BCUT2D eigenvalue weighted by molar-refractivity contribution is 0.174. The second-order valence-corrected chi connectivity index (χ2v) is 5.52. The Morgan fingerprint density at radius 2 is 1.92 bits per heavy atom. The number of anilines is 1. The van der Waals surface area contributed by atoms with E-state index in [1.165, 1.54) is 18.7 Å². The molecule has 1 aliphatic rings. The molecule has 0 aliphatic carbocycles. The first-order valence-electron chi connectivity index (χ1n) is 7.30. The molecule has 8 nitrogen and oxygen atoms in total. The summed E-state index contributed by atoms with van der Waals surface area (Å²) in [6.45, 7) is 2.04. The van der Waals surface area contributed by atoms with Gasteiger partial charge in [-0.2, -0.15) is 5.26 Å². The molecular formula is C16H16N4O4. The molecule has 1 aliphatic heterocycles. The first kappa shape index (κ1) is 15.7. The molecule has 1 N–H and O–H groups in total. The van der Waals surface area contributed by atoms with E-state index >= 15 is 0 Å². The van der Waals surface area contributed by atoms with Crippen LogP contribution in [-0.2, 0) is 14.1 Å². The van der Waals surface area contributed by atoms with Crippen molar-refractivity contribution in [3.8, 4) is 17.6 Å². The Morgan fingerprint density at radius 1 is 1.21 bits per heavy atom. The van der Waals surface area contributed by atoms with Gasteiger partial charge in [-0.05, 0) is 24.6 Å². The summed E-state index contributed by atoms with van der Waals surface area (Å²) in [5.41, 5.74) is -0.358. The van der Waals surface area contributed by atoms with Gasteiger partial charge in [0.2, 0.25) is 6.79 Å². The van der Waals surface area contributed by atoms with Gasteiger partial charge in [0.05, 0.1) is 6.04 Å². The minimum absolute atomic E-state index is 0.104. The van der Waals surface area contributed by atoms with Crippen LogP contribution in [0.15, 0.2) is 27.8 Å². The van der Waals surface area contributed by atoms with Gasteiger partial charge >= 0.3 is 5.69 Å². The van der Waals surface area contributed by atoms with Crippen LogP contribution in [0.4, 0.5) is 5.82 Å². The lowest BCUT2D eigenvalue weighted by Gasteiger charge is -2.19. The van der Waals surface area contributed by atoms with E-state index in [1.807, 2.05) is 25.1 Å². The number of aromatic nitrogens is 2. The summed E-state index contributed by atoms with van der Waals surface area (Å²) in [6, 6.07) is 7.09. The summed E-state index contributed by atoms with van der Waals surface area (Å²) in [5.74, 6) is 1.50. The molecule has 3 rings (SSSR count). The molecule has 24 heavy (non-hydrogen) atoms. The Balaban J connectivity index is 2.01. The lowest BCUT2D eigenvalue weighted by atomic mass is 10.1. The fourth-order valence-corrected chi connectivity index (χ4v) is 2.58. The van der Waals surface area contributed by atoms with Crippen molar-refractivity contribution in [2.45, 2.75) is 13.0 Å². The predicted octanol–water partition coefficient (Wildman–Crippen LogP) is 0.857. The molecule has 8 heteroatoms. The zero-order valence-corrected chi connectivity index (χ0v) is 13.5. The minimum atomic E-state index is -0.624. The fraction of sp³-hybridized carbons (Fsp3) is 0.312. The molecule has 0 fully saturated rings. The SMILES string of the molecule is C[C@@H](Nc1c(C#N)c(=O)n(C)c(=O)n1C)c1ccc2c(c1)OCO2. The van der Waals surface area contributed by atoms with Gasteiger partial charge in [0.15, 0.2) is 17.1 Å². The second kappa shape index (κ2) is 5.77. The van der Waals surface area contributed by atoms with Gasteiger partial charge in [-0.1, -0.05) is 6.07 Å². The molecule has 2 aromatic rings. The Kier molecular flexibility index (Phi) is 3.77. The molecule has 0 radical (unpaired) electrons. The highest BCUT2D eigenvalue weighted by Gasteiger charge is 2.19. The molecule has 0 unspecified atom stereocenters. The van der Waals surface area contributed by atoms with Crippen LogP contribution in [0, 0.1) is 11.3 Å². The van der Waals surface area contributed by atoms with Crippen LogP contribution in [0.1, 0.15) is 24.1 Å². The average molecular weight is 328 g/mol. The maximum Gasteiger partial charge on any atom is 0.332 e. The second-order valence-electron chi connectivity index (χ2n) is 5.52. The van der Waals surface area contributed by atoms with E-state index in [2.05, 4.69) is 5.32 Å². The first-order valence-corrected chi connectivity index (χ1v) is 7.30. The number of nitrogens with zero attached hydrogens (tertiary/aromatic N) is 3. The number of benzene rings is 1. The van der Waals surface area contributed by atoms with Gasteiger partial charge in [-0.3, -0.25) is 13.9 Å². The molecule has 0 saturated heterocycles. The number of nitriles is 1. The van der Waals surface area contributed by atoms with Crippen molar-refractivity contribution in [1.29, 1.82) is 5.26 Å². The number of rotatable bonds is 3. The summed E-state index contributed by atoms with van der Waals surface area (Å²) >= 11 is 0. The largest absolute Gasteiger partial charge is 0.454 e. The van der Waals surface area contributed by atoms with Crippen LogP contribution < -0.4 is 26.0 Å². The maximum absolute atomic E-state index is 12.1. The summed E-state index contributed by atoms with van der Waals surface area (Å²) in [5, 5.41) is 12.4. The maximum atomic E-state index is 12.1. The highest BCUT2D eigenvalue weighted by atomic mass is 16.7. The Labute approximate surface area is 137 Å². The highest BCUT2D eigenvalue weighted by molar-refractivity contribution is 5.53. The molecule has 124 valence electrons. The first-order chi connectivity index (χ1) is 11.4. The van der Waals surface area contributed by atoms with Gasteiger partial charge in [-0.15, -0.1) is 0 Å². The third-order valence-electron chi connectivity index (χ3n) is 4.03. The third kappa shape index (κ3) is 2.40. The van der Waals surface area contributed by atoms with E-state index in [4.69, 9.17) is 9.47 Å². The van der Waals surface area contributed by atoms with E-state index in [9.17, 15) is 14.9 Å². The monoisotopic (exact) mass is 328 g/mol. The number of hydrogen-bond donors (Lipinski definition) is 1. The highest BCUT2D eigenvalue weighted by Crippen LogP contribution is 2.34. The topological polar surface area (TPSA) is 98.3 Å². The summed E-state index contributed by atoms with van der Waals surface area (Å²) in [7, 11) is 2.86. The normalized spacial score (nSPS) is 13.4. The van der Waals surface area contributed by atoms with Crippen molar-refractivity contribution >= 4 is 5.82 Å². The predicted molar refractivity (Wildman–Crippen MR) is 86.2 cm³/mol. The van der Waals surface area contributed by atoms with Crippen molar-refractivity contribution in [2.24, 2.45) is 14.1 Å². The molecule has 1 atom stereocenters. The minimum Gasteiger partial charge on any atom is -0.454 e. The van der Waals surface area contributed by atoms with Crippen molar-refractivity contribution in [1.82, 2.24) is 9.13 Å². The molecular weight excluding hydrogens is 312 g/mol. The molecule has 0 spiro atoms. The Morgan fingerprint density at radius 3 is 2.62 bits per heavy atom. The number of hydrogen-bond acceptors (Lipinski definition) is 6. The van der Waals surface area contributed by atoms with Crippen molar-refractivity contribution in [3.63, 3.8) is 0 Å². The molecule has 0 amide bonds. The van der Waals surface area contributed by atoms with Gasteiger partial charge in [0.1, 0.15) is 11.9 Å². The van der Waals surface area contributed by atoms with Gasteiger partial charge < -0.3 is 14.8 Å². The van der Waals surface area contributed by atoms with Crippen LogP contribution in [0.5, 0.6) is 11.5 Å². The molecule has 0 bridgehead atoms. The summed E-state index contributed by atoms with van der Waals surface area (Å²) < 4.78 is 12.8. The molecule has 1 aromatic carbocycles. The van der Waals surface area contributed by atoms with E-state index in [-0.39, 0.29) is 24.2 Å². The molecule has 1 aromatic heterocycles. The quantitative estimate of drug-likeness (QED) is 0.897. The van der Waals surface area contributed by atoms with Gasteiger partial charge in [0, 0.05) is 14.1 Å². The summed E-state index contributed by atoms with van der Waals surface area (Å²) in [4.78, 5) is 24.2. The van der Waals surface area contributed by atoms with Crippen LogP contribution in [0.3, 0.4) is 0 Å². The number of fused-ring (bicyclic) bond motifs is 1. The number of ether oxygens (including phenoxy) is 2. The van der Waals surface area contributed by atoms with Crippen molar-refractivity contribution < 1.29 is 9.47 Å². The van der Waals surface area contributed by atoms with Crippen LogP contribution in [0.2, 0.25) is 0 Å². The van der Waals surface area contributed by atoms with Gasteiger partial charge in [0.25, 0.3) is 5.56 Å². The zero-order valence-electron chi connectivity index (χ0n) is 13.5. The van der Waals surface area contributed by atoms with Crippen LogP contribution in [-0.4, -0.2) is 15.9 Å². The molecule has 2 heterocycles. The Bertz CT molecular complexity index is 968. The Hall–Kier alpha value is -3.21. The van der Waals surface area contributed by atoms with Crippen LogP contribution >= 0.6 is 0 Å². The smallest absolute Gasteiger partial charge is 0.332 e. The zero-order chi connectivity index (χ0) is 17.4. The van der Waals surface area contributed by atoms with E-state index in [0.29, 0.717) is 11.5 Å². The van der Waals surface area contributed by atoms with Crippen LogP contribution in [0.25, 0.3) is 0 Å². The average Bonchev–Trinajstić information content (AvgIpc) is 3.05. The van der Waals surface area contributed by atoms with E-state index in [1.54, 1.807) is 6.07 Å².